The predicted molar refractivity (Wildman–Crippen MR) is 122 cm³/mol. The van der Waals surface area contributed by atoms with Crippen LogP contribution in [0.3, 0.4) is 0 Å². The Hall–Kier alpha value is -3.21. The fourth-order valence-corrected chi connectivity index (χ4v) is 3.44. The molecule has 0 atom stereocenters. The number of nitro benzene ring substituents is 1. The number of nitrogens with zero attached hydrogens (tertiary/aromatic N) is 2. The van der Waals surface area contributed by atoms with E-state index >= 15 is 0 Å². The first-order valence-corrected chi connectivity index (χ1v) is 10.2. The van der Waals surface area contributed by atoms with E-state index < -0.39 is 4.92 Å². The van der Waals surface area contributed by atoms with E-state index in [2.05, 4.69) is 27.7 Å². The largest absolute Gasteiger partial charge is 0.493 e. The van der Waals surface area contributed by atoms with Crippen molar-refractivity contribution in [1.82, 2.24) is 0 Å². The van der Waals surface area contributed by atoms with Crippen LogP contribution in [0.5, 0.6) is 11.5 Å². The standard InChI is InChI=1S/C22H18FIN2O5/c1-29-21-11-17(12-25-31-14-16-3-2-4-19(9-16)26(27)28)10-20(24)22(21)30-13-15-5-7-18(23)8-6-15/h2-12H,13-14H2,1H3/b25-12-. The lowest BCUT2D eigenvalue weighted by atomic mass is 10.2. The van der Waals surface area contributed by atoms with Gasteiger partial charge >= 0.3 is 0 Å². The highest BCUT2D eigenvalue weighted by molar-refractivity contribution is 14.1. The second-order valence-electron chi connectivity index (χ2n) is 6.38. The van der Waals surface area contributed by atoms with E-state index in [0.29, 0.717) is 17.1 Å². The number of non-ortho nitro benzene ring substituents is 1. The van der Waals surface area contributed by atoms with E-state index in [9.17, 15) is 14.5 Å². The zero-order valence-corrected chi connectivity index (χ0v) is 18.6. The molecule has 3 rings (SSSR count). The van der Waals surface area contributed by atoms with Crippen LogP contribution in [0.4, 0.5) is 10.1 Å². The molecule has 0 aliphatic heterocycles. The van der Waals surface area contributed by atoms with Gasteiger partial charge in [0, 0.05) is 17.7 Å². The minimum Gasteiger partial charge on any atom is -0.493 e. The van der Waals surface area contributed by atoms with E-state index in [4.69, 9.17) is 14.3 Å². The van der Waals surface area contributed by atoms with E-state index in [1.165, 1.54) is 37.6 Å². The first kappa shape index (κ1) is 22.5. The first-order chi connectivity index (χ1) is 15.0. The second kappa shape index (κ2) is 10.7. The number of benzene rings is 3. The Labute approximate surface area is 191 Å². The molecule has 0 aliphatic rings. The molecule has 0 amide bonds. The maximum atomic E-state index is 13.0. The molecule has 0 aliphatic carbocycles. The van der Waals surface area contributed by atoms with Gasteiger partial charge in [-0.3, -0.25) is 10.1 Å². The predicted octanol–water partition coefficient (Wildman–Crippen LogP) is 5.48. The zero-order valence-electron chi connectivity index (χ0n) is 16.5. The number of nitro groups is 1. The number of methoxy groups -OCH3 is 1. The Balaban J connectivity index is 1.64. The van der Waals surface area contributed by atoms with Crippen LogP contribution in [0, 0.1) is 19.5 Å². The molecule has 3 aromatic carbocycles. The highest BCUT2D eigenvalue weighted by Crippen LogP contribution is 2.34. The molecule has 160 valence electrons. The van der Waals surface area contributed by atoms with Gasteiger partial charge in [0.25, 0.3) is 5.69 Å². The van der Waals surface area contributed by atoms with Gasteiger partial charge in [0.15, 0.2) is 11.5 Å². The van der Waals surface area contributed by atoms with Gasteiger partial charge < -0.3 is 14.3 Å². The molecular formula is C22H18FIN2O5. The summed E-state index contributed by atoms with van der Waals surface area (Å²) in [6, 6.07) is 15.9. The van der Waals surface area contributed by atoms with E-state index in [1.807, 2.05) is 6.07 Å². The van der Waals surface area contributed by atoms with Crippen LogP contribution >= 0.6 is 22.6 Å². The molecule has 3 aromatic rings. The van der Waals surface area contributed by atoms with Crippen molar-refractivity contribution < 1.29 is 23.6 Å². The molecule has 0 saturated heterocycles. The zero-order chi connectivity index (χ0) is 22.2. The highest BCUT2D eigenvalue weighted by atomic mass is 127. The van der Waals surface area contributed by atoms with Crippen molar-refractivity contribution in [2.45, 2.75) is 13.2 Å². The lowest BCUT2D eigenvalue weighted by Crippen LogP contribution is -2.01. The third-order valence-electron chi connectivity index (χ3n) is 4.18. The summed E-state index contributed by atoms with van der Waals surface area (Å²) in [5.41, 5.74) is 2.21. The van der Waals surface area contributed by atoms with Gasteiger partial charge in [-0.25, -0.2) is 4.39 Å². The number of halogens is 2. The molecule has 0 N–H and O–H groups in total. The van der Waals surface area contributed by atoms with Crippen molar-refractivity contribution in [2.24, 2.45) is 5.16 Å². The summed E-state index contributed by atoms with van der Waals surface area (Å²) >= 11 is 2.13. The molecule has 0 saturated carbocycles. The van der Waals surface area contributed by atoms with Gasteiger partial charge in [-0.1, -0.05) is 29.4 Å². The average Bonchev–Trinajstić information content (AvgIpc) is 2.77. The van der Waals surface area contributed by atoms with Crippen LogP contribution in [-0.2, 0) is 18.1 Å². The monoisotopic (exact) mass is 536 g/mol. The molecule has 7 nitrogen and oxygen atoms in total. The van der Waals surface area contributed by atoms with E-state index in [1.54, 1.807) is 30.3 Å². The SMILES string of the molecule is COc1cc(/C=N\OCc2cccc([N+](=O)[O-])c2)cc(I)c1OCc1ccc(F)cc1. The van der Waals surface area contributed by atoms with Crippen molar-refractivity contribution in [3.63, 3.8) is 0 Å². The lowest BCUT2D eigenvalue weighted by Gasteiger charge is -2.13. The summed E-state index contributed by atoms with van der Waals surface area (Å²) in [5.74, 6) is 0.795. The third kappa shape index (κ3) is 6.38. The second-order valence-corrected chi connectivity index (χ2v) is 7.55. The van der Waals surface area contributed by atoms with Gasteiger partial charge in [-0.2, -0.15) is 0 Å². The summed E-state index contributed by atoms with van der Waals surface area (Å²) in [6.45, 7) is 0.373. The van der Waals surface area contributed by atoms with Gasteiger partial charge in [0.1, 0.15) is 19.0 Å². The normalized spacial score (nSPS) is 10.8. The molecular weight excluding hydrogens is 518 g/mol. The Morgan fingerprint density at radius 1 is 1.10 bits per heavy atom. The summed E-state index contributed by atoms with van der Waals surface area (Å²) < 4.78 is 25.1. The topological polar surface area (TPSA) is 83.2 Å². The van der Waals surface area contributed by atoms with Crippen LogP contribution in [0.2, 0.25) is 0 Å². The number of hydrogen-bond acceptors (Lipinski definition) is 6. The minimum absolute atomic E-state index is 0.000552. The number of oxime groups is 1. The summed E-state index contributed by atoms with van der Waals surface area (Å²) in [6.07, 6.45) is 1.52. The fraction of sp³-hybridized carbons (Fsp3) is 0.136. The Morgan fingerprint density at radius 2 is 1.87 bits per heavy atom. The van der Waals surface area contributed by atoms with Crippen LogP contribution in [-0.4, -0.2) is 18.2 Å². The molecule has 0 fully saturated rings. The molecule has 0 aromatic heterocycles. The van der Waals surface area contributed by atoms with Gasteiger partial charge in [0.05, 0.1) is 21.8 Å². The molecule has 0 heterocycles. The van der Waals surface area contributed by atoms with Crippen molar-refractivity contribution in [3.8, 4) is 11.5 Å². The maximum absolute atomic E-state index is 13.0. The number of ether oxygens (including phenoxy) is 2. The molecule has 0 spiro atoms. The number of hydrogen-bond donors (Lipinski definition) is 0. The van der Waals surface area contributed by atoms with Crippen molar-refractivity contribution in [3.05, 3.63) is 96.9 Å². The maximum Gasteiger partial charge on any atom is 0.269 e. The van der Waals surface area contributed by atoms with Gasteiger partial charge in [-0.15, -0.1) is 0 Å². The Bertz CT molecular complexity index is 1090. The van der Waals surface area contributed by atoms with E-state index in [-0.39, 0.29) is 24.7 Å². The van der Waals surface area contributed by atoms with E-state index in [0.717, 1.165) is 14.7 Å². The summed E-state index contributed by atoms with van der Waals surface area (Å²) in [7, 11) is 1.54. The fourth-order valence-electron chi connectivity index (χ4n) is 2.66. The van der Waals surface area contributed by atoms with Crippen molar-refractivity contribution in [2.75, 3.05) is 7.11 Å². The van der Waals surface area contributed by atoms with Crippen molar-refractivity contribution in [1.29, 1.82) is 0 Å². The molecule has 0 radical (unpaired) electrons. The van der Waals surface area contributed by atoms with Crippen LogP contribution in [0.25, 0.3) is 0 Å². The third-order valence-corrected chi connectivity index (χ3v) is 4.98. The first-order valence-electron chi connectivity index (χ1n) is 9.09. The smallest absolute Gasteiger partial charge is 0.269 e. The Kier molecular flexibility index (Phi) is 7.76. The Morgan fingerprint density at radius 3 is 2.58 bits per heavy atom. The van der Waals surface area contributed by atoms with Crippen LogP contribution < -0.4 is 9.47 Å². The quantitative estimate of drug-likeness (QED) is 0.157. The van der Waals surface area contributed by atoms with Gasteiger partial charge in [-0.05, 0) is 58.0 Å². The van der Waals surface area contributed by atoms with Crippen LogP contribution in [0.15, 0.2) is 65.8 Å². The summed E-state index contributed by atoms with van der Waals surface area (Å²) in [5, 5.41) is 14.8. The molecule has 31 heavy (non-hydrogen) atoms. The summed E-state index contributed by atoms with van der Waals surface area (Å²) in [4.78, 5) is 15.6. The molecule has 9 heteroatoms. The highest BCUT2D eigenvalue weighted by Gasteiger charge is 2.12. The average molecular weight is 536 g/mol. The van der Waals surface area contributed by atoms with Gasteiger partial charge in [0.2, 0.25) is 0 Å². The molecule has 0 bridgehead atoms. The minimum atomic E-state index is -0.458. The van der Waals surface area contributed by atoms with Crippen LogP contribution in [0.1, 0.15) is 16.7 Å². The molecule has 0 unspecified atom stereocenters. The van der Waals surface area contributed by atoms with Crippen molar-refractivity contribution >= 4 is 34.5 Å². The lowest BCUT2D eigenvalue weighted by molar-refractivity contribution is -0.384. The number of rotatable bonds is 9.